The van der Waals surface area contributed by atoms with E-state index in [9.17, 15) is 20.2 Å². The average molecular weight is 667 g/mol. The monoisotopic (exact) mass is 664 g/mol. The van der Waals surface area contributed by atoms with Gasteiger partial charge in [0.1, 0.15) is 0 Å². The third-order valence-corrected chi connectivity index (χ3v) is 7.49. The van der Waals surface area contributed by atoms with Gasteiger partial charge in [0.2, 0.25) is 11.5 Å². The molecule has 0 fully saturated rings. The van der Waals surface area contributed by atoms with Gasteiger partial charge in [0.15, 0.2) is 0 Å². The number of nitro benzene ring substituents is 2. The minimum absolute atomic E-state index is 0.0968. The lowest BCUT2D eigenvalue weighted by atomic mass is 10.0. The zero-order chi connectivity index (χ0) is 26.7. The highest BCUT2D eigenvalue weighted by atomic mass is 79.9. The van der Waals surface area contributed by atoms with Gasteiger partial charge in [0.25, 0.3) is 0 Å². The molecule has 37 heavy (non-hydrogen) atoms. The van der Waals surface area contributed by atoms with Crippen molar-refractivity contribution in [3.63, 3.8) is 0 Å². The van der Waals surface area contributed by atoms with Gasteiger partial charge in [-0.3, -0.25) is 20.2 Å². The summed E-state index contributed by atoms with van der Waals surface area (Å²) in [5.41, 5.74) is 1.79. The maximum Gasteiger partial charge on any atom is 0.315 e. The number of hydrogen-bond donors (Lipinski definition) is 0. The number of halogens is 4. The molecule has 0 atom stereocenters. The fourth-order valence-corrected chi connectivity index (χ4v) is 5.50. The van der Waals surface area contributed by atoms with Crippen LogP contribution in [-0.2, 0) is 12.8 Å². The molecule has 188 valence electrons. The number of benzene rings is 4. The van der Waals surface area contributed by atoms with Crippen molar-refractivity contribution in [3.8, 4) is 11.5 Å². The standard InChI is InChI=1S/C26H16Br2Cl2N2O5/c27-21-13-19(29)9-7-15(21)11-17-3-1-5-23(25(17)31(33)34)37-24-6-2-4-18(26(24)32(35)36)12-16-8-10-20(30)14-22(16)28/h1-10,13-14H,11-12H2. The van der Waals surface area contributed by atoms with Crippen molar-refractivity contribution in [2.45, 2.75) is 12.8 Å². The number of rotatable bonds is 8. The zero-order valence-electron chi connectivity index (χ0n) is 18.8. The van der Waals surface area contributed by atoms with Crippen molar-refractivity contribution in [3.05, 3.63) is 134 Å². The van der Waals surface area contributed by atoms with E-state index in [1.165, 1.54) is 12.1 Å². The maximum absolute atomic E-state index is 12.1. The van der Waals surface area contributed by atoms with E-state index >= 15 is 0 Å². The van der Waals surface area contributed by atoms with E-state index < -0.39 is 9.85 Å². The highest BCUT2D eigenvalue weighted by Crippen LogP contribution is 2.41. The lowest BCUT2D eigenvalue weighted by Gasteiger charge is -2.13. The summed E-state index contributed by atoms with van der Waals surface area (Å²) in [5.74, 6) is -0.194. The first-order valence-corrected chi connectivity index (χ1v) is 13.1. The predicted octanol–water partition coefficient (Wildman–Crippen LogP) is 9.31. The van der Waals surface area contributed by atoms with Crippen LogP contribution in [0.3, 0.4) is 0 Å². The third-order valence-electron chi connectivity index (χ3n) is 5.54. The molecule has 0 unspecified atom stereocenters. The lowest BCUT2D eigenvalue weighted by Crippen LogP contribution is -2.03. The molecule has 7 nitrogen and oxygen atoms in total. The Labute approximate surface area is 238 Å². The van der Waals surface area contributed by atoms with Crippen molar-refractivity contribution < 1.29 is 14.6 Å². The molecule has 0 spiro atoms. The minimum atomic E-state index is -0.547. The molecule has 0 saturated heterocycles. The van der Waals surface area contributed by atoms with Crippen LogP contribution >= 0.6 is 55.1 Å². The molecule has 0 N–H and O–H groups in total. The summed E-state index contributed by atoms with van der Waals surface area (Å²) in [6.45, 7) is 0. The second-order valence-corrected chi connectivity index (χ2v) is 10.6. The lowest BCUT2D eigenvalue weighted by molar-refractivity contribution is -0.388. The first-order valence-electron chi connectivity index (χ1n) is 10.7. The molecule has 0 amide bonds. The highest BCUT2D eigenvalue weighted by Gasteiger charge is 2.27. The van der Waals surface area contributed by atoms with Crippen LogP contribution in [0.15, 0.2) is 81.7 Å². The molecule has 0 aliphatic carbocycles. The number of para-hydroxylation sites is 2. The van der Waals surface area contributed by atoms with Crippen LogP contribution in [-0.4, -0.2) is 9.85 Å². The molecule has 4 aromatic rings. The number of hydrogen-bond acceptors (Lipinski definition) is 5. The molecule has 0 aliphatic rings. The number of nitrogens with zero attached hydrogens (tertiary/aromatic N) is 2. The van der Waals surface area contributed by atoms with Crippen molar-refractivity contribution in [2.75, 3.05) is 0 Å². The molecular weight excluding hydrogens is 651 g/mol. The zero-order valence-corrected chi connectivity index (χ0v) is 23.5. The fourth-order valence-electron chi connectivity index (χ4n) is 3.86. The van der Waals surface area contributed by atoms with E-state index in [4.69, 9.17) is 27.9 Å². The van der Waals surface area contributed by atoms with Crippen LogP contribution in [0.4, 0.5) is 11.4 Å². The van der Waals surface area contributed by atoms with E-state index in [0.717, 1.165) is 11.1 Å². The van der Waals surface area contributed by atoms with E-state index in [-0.39, 0.29) is 35.7 Å². The molecule has 0 aliphatic heterocycles. The van der Waals surface area contributed by atoms with Crippen LogP contribution in [0.2, 0.25) is 10.0 Å². The Hall–Kier alpha value is -2.98. The van der Waals surface area contributed by atoms with Crippen molar-refractivity contribution in [1.29, 1.82) is 0 Å². The van der Waals surface area contributed by atoms with Gasteiger partial charge in [-0.25, -0.2) is 0 Å². The summed E-state index contributed by atoms with van der Waals surface area (Å²) in [7, 11) is 0. The Bertz CT molecular complexity index is 1420. The second kappa shape index (κ2) is 11.6. The van der Waals surface area contributed by atoms with Gasteiger partial charge in [-0.1, -0.05) is 91.5 Å². The third kappa shape index (κ3) is 6.30. The largest absolute Gasteiger partial charge is 0.443 e. The minimum Gasteiger partial charge on any atom is -0.443 e. The van der Waals surface area contributed by atoms with Crippen molar-refractivity contribution >= 4 is 66.4 Å². The Morgan fingerprint density at radius 2 is 1.05 bits per heavy atom. The van der Waals surface area contributed by atoms with Gasteiger partial charge in [0, 0.05) is 43.0 Å². The molecular formula is C26H16Br2Cl2N2O5. The van der Waals surface area contributed by atoms with Gasteiger partial charge in [0.05, 0.1) is 9.85 Å². The van der Waals surface area contributed by atoms with Gasteiger partial charge >= 0.3 is 11.4 Å². The molecule has 0 radical (unpaired) electrons. The summed E-state index contributed by atoms with van der Waals surface area (Å²) < 4.78 is 7.28. The Morgan fingerprint density at radius 3 is 1.41 bits per heavy atom. The summed E-state index contributed by atoms with van der Waals surface area (Å²) in [4.78, 5) is 23.1. The molecule has 4 rings (SSSR count). The number of ether oxygens (including phenoxy) is 1. The van der Waals surface area contributed by atoms with Crippen LogP contribution in [0, 0.1) is 20.2 Å². The van der Waals surface area contributed by atoms with Crippen LogP contribution < -0.4 is 4.74 Å². The van der Waals surface area contributed by atoms with E-state index in [2.05, 4.69) is 31.9 Å². The highest BCUT2D eigenvalue weighted by molar-refractivity contribution is 9.10. The Balaban J connectivity index is 1.74. The second-order valence-electron chi connectivity index (χ2n) is 7.97. The summed E-state index contributed by atoms with van der Waals surface area (Å²) >= 11 is 18.9. The van der Waals surface area contributed by atoms with Gasteiger partial charge in [-0.2, -0.15) is 0 Å². The summed E-state index contributed by atoms with van der Waals surface area (Å²) in [6.07, 6.45) is 0.440. The topological polar surface area (TPSA) is 95.5 Å². The Morgan fingerprint density at radius 1 is 0.649 bits per heavy atom. The fraction of sp³-hybridized carbons (Fsp3) is 0.0769. The number of nitro groups is 2. The van der Waals surface area contributed by atoms with Crippen molar-refractivity contribution in [2.24, 2.45) is 0 Å². The SMILES string of the molecule is O=[N+]([O-])c1c(Cc2ccc(Cl)cc2Br)cccc1Oc1cccc(Cc2ccc(Cl)cc2Br)c1[N+](=O)[O-]. The molecule has 4 aromatic carbocycles. The van der Waals surface area contributed by atoms with Gasteiger partial charge < -0.3 is 4.74 Å². The van der Waals surface area contributed by atoms with Crippen LogP contribution in [0.5, 0.6) is 11.5 Å². The Kier molecular flexibility index (Phi) is 8.49. The smallest absolute Gasteiger partial charge is 0.315 e. The molecule has 11 heteroatoms. The van der Waals surface area contributed by atoms with Crippen LogP contribution in [0.25, 0.3) is 0 Å². The van der Waals surface area contributed by atoms with Crippen LogP contribution in [0.1, 0.15) is 22.3 Å². The molecule has 0 aromatic heterocycles. The average Bonchev–Trinajstić information content (AvgIpc) is 2.82. The van der Waals surface area contributed by atoms with E-state index in [1.54, 1.807) is 60.7 Å². The summed E-state index contributed by atoms with van der Waals surface area (Å²) in [6, 6.07) is 19.7. The predicted molar refractivity (Wildman–Crippen MR) is 150 cm³/mol. The quantitative estimate of drug-likeness (QED) is 0.138. The van der Waals surface area contributed by atoms with E-state index in [0.29, 0.717) is 30.1 Å². The molecule has 0 saturated carbocycles. The van der Waals surface area contributed by atoms with E-state index in [1.807, 2.05) is 0 Å². The van der Waals surface area contributed by atoms with Gasteiger partial charge in [-0.05, 0) is 47.5 Å². The maximum atomic E-state index is 12.1. The summed E-state index contributed by atoms with van der Waals surface area (Å²) in [5, 5.41) is 25.2. The first kappa shape index (κ1) is 27.1. The molecule has 0 heterocycles. The first-order chi connectivity index (χ1) is 17.6. The van der Waals surface area contributed by atoms with Gasteiger partial charge in [-0.15, -0.1) is 0 Å². The normalized spacial score (nSPS) is 10.8. The van der Waals surface area contributed by atoms with Crippen molar-refractivity contribution in [1.82, 2.24) is 0 Å². The molecule has 0 bridgehead atoms.